The highest BCUT2D eigenvalue weighted by Crippen LogP contribution is 2.32. The fourth-order valence-electron chi connectivity index (χ4n) is 3.59. The highest BCUT2D eigenvalue weighted by molar-refractivity contribution is 5.96. The zero-order chi connectivity index (χ0) is 23.2. The molecule has 3 aromatic rings. The lowest BCUT2D eigenvalue weighted by Gasteiger charge is -2.16. The molecule has 9 heteroatoms. The summed E-state index contributed by atoms with van der Waals surface area (Å²) >= 11 is 0. The molecule has 1 unspecified atom stereocenters. The van der Waals surface area contributed by atoms with E-state index in [1.165, 1.54) is 5.56 Å². The monoisotopic (exact) mass is 450 g/mol. The first-order valence-electron chi connectivity index (χ1n) is 10.9. The molecule has 1 aliphatic heterocycles. The molecule has 0 spiro atoms. The van der Waals surface area contributed by atoms with Crippen molar-refractivity contribution in [3.63, 3.8) is 0 Å². The lowest BCUT2D eigenvalue weighted by Crippen LogP contribution is -2.24. The van der Waals surface area contributed by atoms with Gasteiger partial charge >= 0.3 is 6.01 Å². The van der Waals surface area contributed by atoms with Crippen molar-refractivity contribution in [2.75, 3.05) is 30.0 Å². The zero-order valence-electron chi connectivity index (χ0n) is 18.6. The summed E-state index contributed by atoms with van der Waals surface area (Å²) in [5, 5.41) is 10.4. The van der Waals surface area contributed by atoms with Gasteiger partial charge in [0.25, 0.3) is 5.91 Å². The third kappa shape index (κ3) is 5.49. The first kappa shape index (κ1) is 22.3. The molecule has 1 atom stereocenters. The number of aryl methyl sites for hydroxylation is 1. The van der Waals surface area contributed by atoms with Crippen molar-refractivity contribution < 1.29 is 23.5 Å². The summed E-state index contributed by atoms with van der Waals surface area (Å²) in [6, 6.07) is 14.9. The minimum absolute atomic E-state index is 0.0214. The molecule has 0 aliphatic carbocycles. The van der Waals surface area contributed by atoms with Gasteiger partial charge < -0.3 is 18.8 Å². The van der Waals surface area contributed by atoms with Gasteiger partial charge in [-0.15, -0.1) is 5.10 Å². The summed E-state index contributed by atoms with van der Waals surface area (Å²) in [7, 11) is 0. The number of anilines is 2. The predicted octanol–water partition coefficient (Wildman–Crippen LogP) is 3.57. The fraction of sp³-hybridized carbons (Fsp3) is 0.333. The Morgan fingerprint density at radius 1 is 1.06 bits per heavy atom. The van der Waals surface area contributed by atoms with Gasteiger partial charge in [-0.2, -0.15) is 0 Å². The first-order chi connectivity index (χ1) is 16.1. The van der Waals surface area contributed by atoms with Gasteiger partial charge in [-0.25, -0.2) is 0 Å². The number of ether oxygens (including phenoxy) is 2. The quantitative estimate of drug-likeness (QED) is 0.531. The molecular formula is C24H26N4O5. The van der Waals surface area contributed by atoms with Gasteiger partial charge in [-0.3, -0.25) is 14.9 Å². The minimum Gasteiger partial charge on any atom is -0.494 e. The minimum atomic E-state index is -0.414. The Morgan fingerprint density at radius 2 is 1.76 bits per heavy atom. The van der Waals surface area contributed by atoms with E-state index in [0.29, 0.717) is 24.8 Å². The molecule has 2 aromatic carbocycles. The molecule has 0 radical (unpaired) electrons. The van der Waals surface area contributed by atoms with Crippen LogP contribution in [0, 0.1) is 0 Å². The Morgan fingerprint density at radius 3 is 2.45 bits per heavy atom. The number of nitrogens with zero attached hydrogens (tertiary/aromatic N) is 3. The van der Waals surface area contributed by atoms with E-state index >= 15 is 0 Å². The van der Waals surface area contributed by atoms with Gasteiger partial charge in [-0.05, 0) is 55.3 Å². The number of carbonyl (C=O) groups excluding carboxylic acids is 2. The van der Waals surface area contributed by atoms with Gasteiger partial charge in [0.2, 0.25) is 11.8 Å². The van der Waals surface area contributed by atoms with Crippen molar-refractivity contribution in [2.24, 2.45) is 0 Å². The Balaban J connectivity index is 1.31. The Hall–Kier alpha value is -3.88. The number of rotatable bonds is 9. The van der Waals surface area contributed by atoms with Gasteiger partial charge in [0, 0.05) is 18.7 Å². The maximum absolute atomic E-state index is 12.5. The normalized spacial score (nSPS) is 15.5. The molecule has 4 rings (SSSR count). The van der Waals surface area contributed by atoms with Crippen LogP contribution in [0.1, 0.15) is 37.6 Å². The van der Waals surface area contributed by atoms with E-state index in [2.05, 4.69) is 22.4 Å². The summed E-state index contributed by atoms with van der Waals surface area (Å²) in [5.74, 6) is 0.966. The van der Waals surface area contributed by atoms with Crippen LogP contribution in [-0.2, 0) is 16.0 Å². The number of hydrogen-bond acceptors (Lipinski definition) is 7. The second kappa shape index (κ2) is 10.2. The summed E-state index contributed by atoms with van der Waals surface area (Å²) in [4.78, 5) is 26.4. The molecule has 1 aromatic heterocycles. The molecule has 33 heavy (non-hydrogen) atoms. The standard InChI is InChI=1S/C24H26N4O5/c1-3-16-5-9-20(10-6-16)32-15-21(29)25-24-27-26-23(33-24)17-13-22(30)28(14-17)18-7-11-19(12-8-18)31-4-2/h5-12,17H,3-4,13-15H2,1-2H3,(H,25,27,29). The van der Waals surface area contributed by atoms with Crippen LogP contribution in [0.5, 0.6) is 11.5 Å². The van der Waals surface area contributed by atoms with Crippen LogP contribution in [0.15, 0.2) is 52.9 Å². The number of carbonyl (C=O) groups is 2. The van der Waals surface area contributed by atoms with E-state index in [4.69, 9.17) is 13.9 Å². The molecule has 1 saturated heterocycles. The van der Waals surface area contributed by atoms with E-state index in [9.17, 15) is 9.59 Å². The van der Waals surface area contributed by atoms with Crippen LogP contribution in [0.25, 0.3) is 0 Å². The molecule has 0 saturated carbocycles. The molecule has 1 N–H and O–H groups in total. The lowest BCUT2D eigenvalue weighted by molar-refractivity contribution is -0.118. The smallest absolute Gasteiger partial charge is 0.322 e. The summed E-state index contributed by atoms with van der Waals surface area (Å²) in [6.07, 6.45) is 1.18. The van der Waals surface area contributed by atoms with Crippen molar-refractivity contribution in [1.82, 2.24) is 10.2 Å². The van der Waals surface area contributed by atoms with Crippen LogP contribution < -0.4 is 19.7 Å². The van der Waals surface area contributed by atoms with Crippen LogP contribution in [0.4, 0.5) is 11.7 Å². The number of benzene rings is 2. The second-order valence-corrected chi connectivity index (χ2v) is 7.61. The molecule has 1 fully saturated rings. The summed E-state index contributed by atoms with van der Waals surface area (Å²) in [5.41, 5.74) is 1.97. The number of hydrogen-bond donors (Lipinski definition) is 1. The zero-order valence-corrected chi connectivity index (χ0v) is 18.6. The largest absolute Gasteiger partial charge is 0.494 e. The SMILES string of the molecule is CCOc1ccc(N2CC(c3nnc(NC(=O)COc4ccc(CC)cc4)o3)CC2=O)cc1. The van der Waals surface area contributed by atoms with Crippen LogP contribution in [0.3, 0.4) is 0 Å². The van der Waals surface area contributed by atoms with Crippen LogP contribution in [0.2, 0.25) is 0 Å². The van der Waals surface area contributed by atoms with Gasteiger partial charge in [-0.1, -0.05) is 24.2 Å². The van der Waals surface area contributed by atoms with Crippen molar-refractivity contribution in [2.45, 2.75) is 32.6 Å². The van der Waals surface area contributed by atoms with Crippen molar-refractivity contribution in [3.8, 4) is 11.5 Å². The number of aromatic nitrogens is 2. The number of amides is 2. The molecule has 2 amide bonds. The lowest BCUT2D eigenvalue weighted by atomic mass is 10.1. The second-order valence-electron chi connectivity index (χ2n) is 7.61. The predicted molar refractivity (Wildman–Crippen MR) is 122 cm³/mol. The van der Waals surface area contributed by atoms with E-state index in [1.54, 1.807) is 4.90 Å². The molecule has 0 bridgehead atoms. The third-order valence-electron chi connectivity index (χ3n) is 5.32. The van der Waals surface area contributed by atoms with Crippen molar-refractivity contribution in [1.29, 1.82) is 0 Å². The van der Waals surface area contributed by atoms with E-state index in [1.807, 2.05) is 55.5 Å². The maximum atomic E-state index is 12.5. The Bertz CT molecular complexity index is 1090. The highest BCUT2D eigenvalue weighted by Gasteiger charge is 2.35. The fourth-order valence-corrected chi connectivity index (χ4v) is 3.59. The highest BCUT2D eigenvalue weighted by atomic mass is 16.5. The maximum Gasteiger partial charge on any atom is 0.322 e. The van der Waals surface area contributed by atoms with Crippen LogP contribution in [-0.4, -0.2) is 41.8 Å². The van der Waals surface area contributed by atoms with Crippen LogP contribution >= 0.6 is 0 Å². The topological polar surface area (TPSA) is 107 Å². The van der Waals surface area contributed by atoms with Crippen molar-refractivity contribution >= 4 is 23.5 Å². The Kier molecular flexibility index (Phi) is 6.87. The van der Waals surface area contributed by atoms with E-state index < -0.39 is 5.91 Å². The summed E-state index contributed by atoms with van der Waals surface area (Å²) in [6.45, 7) is 4.80. The molecule has 2 heterocycles. The molecule has 9 nitrogen and oxygen atoms in total. The average molecular weight is 450 g/mol. The third-order valence-corrected chi connectivity index (χ3v) is 5.32. The van der Waals surface area contributed by atoms with Gasteiger partial charge in [0.1, 0.15) is 11.5 Å². The van der Waals surface area contributed by atoms with Gasteiger partial charge in [0.05, 0.1) is 12.5 Å². The molecule has 172 valence electrons. The van der Waals surface area contributed by atoms with Gasteiger partial charge in [0.15, 0.2) is 6.61 Å². The van der Waals surface area contributed by atoms with E-state index in [0.717, 1.165) is 17.9 Å². The van der Waals surface area contributed by atoms with Crippen molar-refractivity contribution in [3.05, 3.63) is 60.0 Å². The average Bonchev–Trinajstić information content (AvgIpc) is 3.45. The Labute approximate surface area is 191 Å². The molecular weight excluding hydrogens is 424 g/mol. The summed E-state index contributed by atoms with van der Waals surface area (Å²) < 4.78 is 16.5. The number of nitrogens with one attached hydrogen (secondary N) is 1. The van der Waals surface area contributed by atoms with E-state index in [-0.39, 0.29) is 30.9 Å². The first-order valence-corrected chi connectivity index (χ1v) is 10.9. The molecule has 1 aliphatic rings.